The van der Waals surface area contributed by atoms with Gasteiger partial charge < -0.3 is 14.6 Å². The van der Waals surface area contributed by atoms with Gasteiger partial charge in [-0.2, -0.15) is 5.10 Å². The van der Waals surface area contributed by atoms with Crippen LogP contribution in [0, 0.1) is 5.92 Å². The summed E-state index contributed by atoms with van der Waals surface area (Å²) in [5, 5.41) is 8.52. The fraction of sp³-hybridized carbons (Fsp3) is 0.476. The molecule has 1 atom stereocenters. The van der Waals surface area contributed by atoms with Gasteiger partial charge >= 0.3 is 0 Å². The van der Waals surface area contributed by atoms with Crippen molar-refractivity contribution in [1.82, 2.24) is 25.0 Å². The van der Waals surface area contributed by atoms with Crippen molar-refractivity contribution in [2.45, 2.75) is 32.7 Å². The smallest absolute Gasteiger partial charge is 0.254 e. The van der Waals surface area contributed by atoms with E-state index in [9.17, 15) is 4.79 Å². The zero-order valence-corrected chi connectivity index (χ0v) is 19.1. The van der Waals surface area contributed by atoms with Crippen molar-refractivity contribution < 1.29 is 9.21 Å². The predicted octanol–water partition coefficient (Wildman–Crippen LogP) is 4.19. The number of likely N-dealkylation sites (tertiary alicyclic amines) is 1. The Bertz CT molecular complexity index is 969. The molecule has 7 nitrogen and oxygen atoms in total. The predicted molar refractivity (Wildman–Crippen MR) is 123 cm³/mol. The zero-order chi connectivity index (χ0) is 19.7. The molecule has 4 rings (SSSR count). The molecule has 1 aliphatic heterocycles. The minimum atomic E-state index is 0. The van der Waals surface area contributed by atoms with E-state index >= 15 is 0 Å². The van der Waals surface area contributed by atoms with E-state index in [1.807, 2.05) is 34.8 Å². The highest BCUT2D eigenvalue weighted by atomic mass is 35.5. The molecule has 1 fully saturated rings. The molecule has 0 aromatic carbocycles. The van der Waals surface area contributed by atoms with Crippen molar-refractivity contribution in [2.24, 2.45) is 5.92 Å². The SMILES string of the molecule is CNCC1CCCN(C(=O)c2cc(-c3ccco3)nc3c2cnn3C(C)C)C1.Cl.Cl. The van der Waals surface area contributed by atoms with Crippen LogP contribution in [0.15, 0.2) is 35.1 Å². The van der Waals surface area contributed by atoms with Crippen molar-refractivity contribution in [2.75, 3.05) is 26.7 Å². The molecule has 0 bridgehead atoms. The molecule has 164 valence electrons. The number of hydrogen-bond donors (Lipinski definition) is 1. The largest absolute Gasteiger partial charge is 0.463 e. The Morgan fingerprint density at radius 1 is 1.37 bits per heavy atom. The molecule has 4 heterocycles. The number of rotatable bonds is 5. The van der Waals surface area contributed by atoms with Crippen LogP contribution in [0.25, 0.3) is 22.5 Å². The van der Waals surface area contributed by atoms with E-state index in [0.717, 1.165) is 43.5 Å². The third kappa shape index (κ3) is 4.63. The molecule has 1 N–H and O–H groups in total. The van der Waals surface area contributed by atoms with Gasteiger partial charge in [-0.1, -0.05) is 0 Å². The van der Waals surface area contributed by atoms with E-state index in [4.69, 9.17) is 9.40 Å². The van der Waals surface area contributed by atoms with Gasteiger partial charge in [-0.25, -0.2) is 9.67 Å². The highest BCUT2D eigenvalue weighted by Gasteiger charge is 2.27. The maximum Gasteiger partial charge on any atom is 0.254 e. The lowest BCUT2D eigenvalue weighted by molar-refractivity contribution is 0.0676. The van der Waals surface area contributed by atoms with E-state index in [0.29, 0.717) is 22.9 Å². The number of amides is 1. The van der Waals surface area contributed by atoms with E-state index < -0.39 is 0 Å². The first-order valence-corrected chi connectivity index (χ1v) is 9.94. The van der Waals surface area contributed by atoms with E-state index in [1.165, 1.54) is 0 Å². The Balaban J connectivity index is 0.00000160. The number of nitrogens with zero attached hydrogens (tertiary/aromatic N) is 4. The second-order valence-electron chi connectivity index (χ2n) is 7.77. The minimum absolute atomic E-state index is 0. The number of pyridine rings is 1. The summed E-state index contributed by atoms with van der Waals surface area (Å²) in [6.07, 6.45) is 5.56. The van der Waals surface area contributed by atoms with Gasteiger partial charge in [-0.15, -0.1) is 24.8 Å². The summed E-state index contributed by atoms with van der Waals surface area (Å²) in [7, 11) is 1.96. The number of furan rings is 1. The molecule has 0 radical (unpaired) electrons. The maximum atomic E-state index is 13.5. The number of carbonyl (C=O) groups excluding carboxylic acids is 1. The fourth-order valence-corrected chi connectivity index (χ4v) is 4.00. The van der Waals surface area contributed by atoms with Gasteiger partial charge in [-0.05, 0) is 64.4 Å². The van der Waals surface area contributed by atoms with Crippen LogP contribution < -0.4 is 5.32 Å². The first-order valence-electron chi connectivity index (χ1n) is 9.94. The molecular weight excluding hydrogens is 425 g/mol. The zero-order valence-electron chi connectivity index (χ0n) is 17.5. The molecular formula is C21H29Cl2N5O2. The second-order valence-corrected chi connectivity index (χ2v) is 7.77. The van der Waals surface area contributed by atoms with Crippen molar-refractivity contribution in [3.05, 3.63) is 36.2 Å². The summed E-state index contributed by atoms with van der Waals surface area (Å²) in [4.78, 5) is 20.2. The third-order valence-electron chi connectivity index (χ3n) is 5.36. The molecule has 1 saturated heterocycles. The highest BCUT2D eigenvalue weighted by molar-refractivity contribution is 6.06. The standard InChI is InChI=1S/C21H27N5O2.2ClH/c1-14(2)26-20-17(12-23-26)16(10-18(24-20)19-7-5-9-28-19)21(27)25-8-4-6-15(13-25)11-22-3;;/h5,7,9-10,12,14-15,22H,4,6,8,11,13H2,1-3H3;2*1H. The molecule has 1 aliphatic rings. The fourth-order valence-electron chi connectivity index (χ4n) is 4.00. The average Bonchev–Trinajstić information content (AvgIpc) is 3.37. The number of hydrogen-bond acceptors (Lipinski definition) is 5. The molecule has 3 aromatic heterocycles. The van der Waals surface area contributed by atoms with E-state index in [-0.39, 0.29) is 36.8 Å². The van der Waals surface area contributed by atoms with Gasteiger partial charge in [0, 0.05) is 19.1 Å². The summed E-state index contributed by atoms with van der Waals surface area (Å²) in [5.74, 6) is 1.19. The number of fused-ring (bicyclic) bond motifs is 1. The van der Waals surface area contributed by atoms with Crippen LogP contribution in [0.5, 0.6) is 0 Å². The maximum absolute atomic E-state index is 13.5. The Morgan fingerprint density at radius 3 is 2.83 bits per heavy atom. The van der Waals surface area contributed by atoms with Crippen LogP contribution in [-0.2, 0) is 0 Å². The van der Waals surface area contributed by atoms with Crippen LogP contribution in [0.4, 0.5) is 0 Å². The van der Waals surface area contributed by atoms with Crippen LogP contribution in [-0.4, -0.2) is 52.3 Å². The van der Waals surface area contributed by atoms with E-state index in [1.54, 1.807) is 12.5 Å². The molecule has 3 aromatic rings. The topological polar surface area (TPSA) is 76.2 Å². The van der Waals surface area contributed by atoms with Gasteiger partial charge in [0.1, 0.15) is 5.69 Å². The summed E-state index contributed by atoms with van der Waals surface area (Å²) in [6, 6.07) is 5.68. The highest BCUT2D eigenvalue weighted by Crippen LogP contribution is 2.28. The first kappa shape index (κ1) is 24.2. The first-order chi connectivity index (χ1) is 13.6. The second kappa shape index (κ2) is 10.3. The summed E-state index contributed by atoms with van der Waals surface area (Å²) >= 11 is 0. The number of aromatic nitrogens is 3. The van der Waals surface area contributed by atoms with Gasteiger partial charge in [0.15, 0.2) is 11.4 Å². The summed E-state index contributed by atoms with van der Waals surface area (Å²) in [6.45, 7) is 6.61. The number of halogens is 2. The Hall–Kier alpha value is -2.09. The van der Waals surface area contributed by atoms with Gasteiger partial charge in [-0.3, -0.25) is 4.79 Å². The lowest BCUT2D eigenvalue weighted by atomic mass is 9.97. The molecule has 30 heavy (non-hydrogen) atoms. The molecule has 0 spiro atoms. The van der Waals surface area contributed by atoms with Crippen LogP contribution in [0.2, 0.25) is 0 Å². The average molecular weight is 454 g/mol. The van der Waals surface area contributed by atoms with Crippen LogP contribution >= 0.6 is 24.8 Å². The number of nitrogens with one attached hydrogen (secondary N) is 1. The molecule has 1 amide bonds. The minimum Gasteiger partial charge on any atom is -0.463 e. The number of carbonyl (C=O) groups is 1. The lowest BCUT2D eigenvalue weighted by Crippen LogP contribution is -2.42. The Labute approximate surface area is 189 Å². The van der Waals surface area contributed by atoms with Crippen molar-refractivity contribution in [1.29, 1.82) is 0 Å². The van der Waals surface area contributed by atoms with E-state index in [2.05, 4.69) is 24.3 Å². The quantitative estimate of drug-likeness (QED) is 0.626. The Kier molecular flexibility index (Phi) is 8.29. The molecule has 0 saturated carbocycles. The normalized spacial score (nSPS) is 16.4. The number of piperidine rings is 1. The van der Waals surface area contributed by atoms with Crippen molar-refractivity contribution >= 4 is 41.8 Å². The van der Waals surface area contributed by atoms with Crippen molar-refractivity contribution in [3.8, 4) is 11.5 Å². The molecule has 9 heteroatoms. The van der Waals surface area contributed by atoms with Crippen LogP contribution in [0.3, 0.4) is 0 Å². The van der Waals surface area contributed by atoms with Gasteiger partial charge in [0.05, 0.1) is 23.4 Å². The summed E-state index contributed by atoms with van der Waals surface area (Å²) in [5.41, 5.74) is 2.02. The lowest BCUT2D eigenvalue weighted by Gasteiger charge is -2.33. The van der Waals surface area contributed by atoms with Crippen LogP contribution in [0.1, 0.15) is 43.1 Å². The summed E-state index contributed by atoms with van der Waals surface area (Å²) < 4.78 is 7.41. The molecule has 1 unspecified atom stereocenters. The Morgan fingerprint density at radius 2 is 2.17 bits per heavy atom. The van der Waals surface area contributed by atoms with Gasteiger partial charge in [0.25, 0.3) is 5.91 Å². The van der Waals surface area contributed by atoms with Gasteiger partial charge in [0.2, 0.25) is 0 Å². The molecule has 0 aliphatic carbocycles. The monoisotopic (exact) mass is 453 g/mol. The van der Waals surface area contributed by atoms with Crippen molar-refractivity contribution in [3.63, 3.8) is 0 Å². The third-order valence-corrected chi connectivity index (χ3v) is 5.36.